The highest BCUT2D eigenvalue weighted by atomic mass is 16.5. The number of hydrogen-bond donors (Lipinski definition) is 0. The first-order valence-electron chi connectivity index (χ1n) is 13.7. The maximum Gasteiger partial charge on any atom is 0.168 e. The Morgan fingerprint density at radius 3 is 1.74 bits per heavy atom. The standard InChI is InChI=1S/C37H31NO4/c1-39-33-21-30-32(22-34(33)40-2)38-23-31(36(30)25-14-9-6-10-15-25)28-19-29(37(42-4)35(20-28)41-3)27-17-11-16-26(18-27)24-12-7-5-8-13-24/h5-23H,1-4H3. The maximum atomic E-state index is 5.93. The summed E-state index contributed by atoms with van der Waals surface area (Å²) in [5.41, 5.74) is 9.05. The first kappa shape index (κ1) is 26.9. The number of benzene rings is 5. The van der Waals surface area contributed by atoms with E-state index in [1.165, 1.54) is 0 Å². The van der Waals surface area contributed by atoms with Crippen molar-refractivity contribution in [3.63, 3.8) is 0 Å². The van der Waals surface area contributed by atoms with Crippen molar-refractivity contribution in [1.29, 1.82) is 0 Å². The number of ether oxygens (including phenoxy) is 4. The molecule has 5 nitrogen and oxygen atoms in total. The predicted molar refractivity (Wildman–Crippen MR) is 170 cm³/mol. The number of fused-ring (bicyclic) bond motifs is 1. The van der Waals surface area contributed by atoms with E-state index in [1.54, 1.807) is 28.4 Å². The molecule has 0 amide bonds. The van der Waals surface area contributed by atoms with Crippen molar-refractivity contribution in [2.45, 2.75) is 0 Å². The molecule has 5 aromatic carbocycles. The van der Waals surface area contributed by atoms with Gasteiger partial charge in [0.1, 0.15) is 0 Å². The number of nitrogens with zero attached hydrogens (tertiary/aromatic N) is 1. The van der Waals surface area contributed by atoms with Gasteiger partial charge in [0, 0.05) is 34.3 Å². The molecule has 0 saturated carbocycles. The van der Waals surface area contributed by atoms with Gasteiger partial charge in [-0.3, -0.25) is 4.98 Å². The smallest absolute Gasteiger partial charge is 0.168 e. The zero-order valence-corrected chi connectivity index (χ0v) is 24.0. The molecule has 0 fully saturated rings. The fraction of sp³-hybridized carbons (Fsp3) is 0.108. The molecular formula is C37H31NO4. The Morgan fingerprint density at radius 2 is 1.07 bits per heavy atom. The molecule has 0 saturated heterocycles. The molecule has 1 heterocycles. The third-order valence-corrected chi connectivity index (χ3v) is 7.51. The Balaban J connectivity index is 1.62. The Kier molecular flexibility index (Phi) is 7.48. The van der Waals surface area contributed by atoms with Gasteiger partial charge in [0.2, 0.25) is 0 Å². The molecule has 0 aliphatic heterocycles. The highest BCUT2D eigenvalue weighted by molar-refractivity contribution is 6.04. The predicted octanol–water partition coefficient (Wildman–Crippen LogP) is 8.94. The van der Waals surface area contributed by atoms with Gasteiger partial charge in [-0.2, -0.15) is 0 Å². The van der Waals surface area contributed by atoms with Gasteiger partial charge in [0.25, 0.3) is 0 Å². The highest BCUT2D eigenvalue weighted by Crippen LogP contribution is 2.46. The third-order valence-electron chi connectivity index (χ3n) is 7.51. The van der Waals surface area contributed by atoms with E-state index in [9.17, 15) is 0 Å². The lowest BCUT2D eigenvalue weighted by Crippen LogP contribution is -1.97. The Morgan fingerprint density at radius 1 is 0.452 bits per heavy atom. The fourth-order valence-corrected chi connectivity index (χ4v) is 5.48. The first-order valence-corrected chi connectivity index (χ1v) is 13.7. The molecule has 5 heteroatoms. The van der Waals surface area contributed by atoms with E-state index >= 15 is 0 Å². The van der Waals surface area contributed by atoms with Crippen LogP contribution in [0.1, 0.15) is 0 Å². The zero-order chi connectivity index (χ0) is 29.1. The van der Waals surface area contributed by atoms with Crippen LogP contribution in [0.3, 0.4) is 0 Å². The molecule has 6 aromatic rings. The second-order valence-corrected chi connectivity index (χ2v) is 9.84. The van der Waals surface area contributed by atoms with Crippen LogP contribution in [0.5, 0.6) is 23.0 Å². The molecular weight excluding hydrogens is 522 g/mol. The largest absolute Gasteiger partial charge is 0.493 e. The zero-order valence-electron chi connectivity index (χ0n) is 24.0. The average Bonchev–Trinajstić information content (AvgIpc) is 3.07. The maximum absolute atomic E-state index is 5.93. The third kappa shape index (κ3) is 4.90. The second-order valence-electron chi connectivity index (χ2n) is 9.84. The topological polar surface area (TPSA) is 49.8 Å². The number of pyridine rings is 1. The van der Waals surface area contributed by atoms with Crippen molar-refractivity contribution >= 4 is 10.9 Å². The van der Waals surface area contributed by atoms with Gasteiger partial charge >= 0.3 is 0 Å². The van der Waals surface area contributed by atoms with Gasteiger partial charge in [-0.1, -0.05) is 78.9 Å². The normalized spacial score (nSPS) is 10.9. The van der Waals surface area contributed by atoms with Crippen LogP contribution in [0.25, 0.3) is 55.4 Å². The lowest BCUT2D eigenvalue weighted by molar-refractivity contribution is 0.356. The monoisotopic (exact) mass is 553 g/mol. The van der Waals surface area contributed by atoms with E-state index in [4.69, 9.17) is 23.9 Å². The molecule has 0 radical (unpaired) electrons. The summed E-state index contributed by atoms with van der Waals surface area (Å²) in [4.78, 5) is 4.87. The lowest BCUT2D eigenvalue weighted by Gasteiger charge is -2.19. The van der Waals surface area contributed by atoms with Crippen molar-refractivity contribution in [2.75, 3.05) is 28.4 Å². The summed E-state index contributed by atoms with van der Waals surface area (Å²) in [5.74, 6) is 2.59. The van der Waals surface area contributed by atoms with Crippen LogP contribution in [0.15, 0.2) is 115 Å². The average molecular weight is 554 g/mol. The van der Waals surface area contributed by atoms with Gasteiger partial charge in [-0.05, 0) is 52.1 Å². The lowest BCUT2D eigenvalue weighted by atomic mass is 9.90. The van der Waals surface area contributed by atoms with Crippen molar-refractivity contribution in [2.24, 2.45) is 0 Å². The summed E-state index contributed by atoms with van der Waals surface area (Å²) < 4.78 is 23.1. The van der Waals surface area contributed by atoms with E-state index in [1.807, 2.05) is 48.7 Å². The van der Waals surface area contributed by atoms with E-state index in [2.05, 4.69) is 66.7 Å². The molecule has 0 aliphatic carbocycles. The first-order chi connectivity index (χ1) is 20.6. The van der Waals surface area contributed by atoms with Gasteiger partial charge in [-0.25, -0.2) is 0 Å². The van der Waals surface area contributed by atoms with Crippen LogP contribution in [-0.4, -0.2) is 33.4 Å². The van der Waals surface area contributed by atoms with E-state index in [0.29, 0.717) is 23.0 Å². The molecule has 0 atom stereocenters. The molecule has 1 aromatic heterocycles. The quantitative estimate of drug-likeness (QED) is 0.188. The van der Waals surface area contributed by atoms with Crippen molar-refractivity contribution in [3.05, 3.63) is 115 Å². The fourth-order valence-electron chi connectivity index (χ4n) is 5.48. The van der Waals surface area contributed by atoms with Gasteiger partial charge in [0.15, 0.2) is 23.0 Å². The minimum Gasteiger partial charge on any atom is -0.493 e. The molecule has 0 bridgehead atoms. The molecule has 42 heavy (non-hydrogen) atoms. The van der Waals surface area contributed by atoms with Crippen LogP contribution in [-0.2, 0) is 0 Å². The molecule has 6 rings (SSSR count). The van der Waals surface area contributed by atoms with Crippen LogP contribution in [0.2, 0.25) is 0 Å². The minimum atomic E-state index is 0.635. The summed E-state index contributed by atoms with van der Waals surface area (Å²) >= 11 is 0. The summed E-state index contributed by atoms with van der Waals surface area (Å²) in [6.45, 7) is 0. The molecule has 0 unspecified atom stereocenters. The van der Waals surface area contributed by atoms with Gasteiger partial charge in [0.05, 0.1) is 34.0 Å². The molecule has 0 aliphatic rings. The van der Waals surface area contributed by atoms with E-state index < -0.39 is 0 Å². The van der Waals surface area contributed by atoms with Gasteiger partial charge in [-0.15, -0.1) is 0 Å². The molecule has 0 spiro atoms. The summed E-state index contributed by atoms with van der Waals surface area (Å²) in [5, 5.41) is 0.957. The second kappa shape index (κ2) is 11.7. The summed E-state index contributed by atoms with van der Waals surface area (Å²) in [6.07, 6.45) is 1.92. The van der Waals surface area contributed by atoms with Crippen molar-refractivity contribution < 1.29 is 18.9 Å². The van der Waals surface area contributed by atoms with Gasteiger partial charge < -0.3 is 18.9 Å². The minimum absolute atomic E-state index is 0.635. The number of aromatic nitrogens is 1. The van der Waals surface area contributed by atoms with Crippen molar-refractivity contribution in [1.82, 2.24) is 4.98 Å². The summed E-state index contributed by atoms with van der Waals surface area (Å²) in [7, 11) is 6.62. The Bertz CT molecular complexity index is 1870. The Hall–Kier alpha value is -5.29. The van der Waals surface area contributed by atoms with E-state index in [0.717, 1.165) is 55.4 Å². The Labute approximate surface area is 245 Å². The highest BCUT2D eigenvalue weighted by Gasteiger charge is 2.20. The van der Waals surface area contributed by atoms with Crippen LogP contribution in [0.4, 0.5) is 0 Å². The number of methoxy groups -OCH3 is 4. The van der Waals surface area contributed by atoms with Crippen LogP contribution < -0.4 is 18.9 Å². The van der Waals surface area contributed by atoms with Crippen LogP contribution in [0, 0.1) is 0 Å². The number of rotatable bonds is 8. The summed E-state index contributed by atoms with van der Waals surface area (Å²) in [6, 6.07) is 37.2. The van der Waals surface area contributed by atoms with Crippen molar-refractivity contribution in [3.8, 4) is 67.5 Å². The SMILES string of the molecule is COc1cc2ncc(-c3cc(OC)c(OC)c(-c4cccc(-c5ccccc5)c4)c3)c(-c3ccccc3)c2cc1OC. The molecule has 208 valence electrons. The number of hydrogen-bond acceptors (Lipinski definition) is 5. The van der Waals surface area contributed by atoms with Crippen LogP contribution >= 0.6 is 0 Å². The molecule has 0 N–H and O–H groups in total. The van der Waals surface area contributed by atoms with E-state index in [-0.39, 0.29) is 0 Å².